The molecule has 310 valence electrons. The SMILES string of the molecule is NC(N)=NCCC[C@H](NC(=O)Cc1ccccc1)C(=O)NCCCCCCCCCCCCCCNC(=O)[C@H](CCCN=C(N)N)NC(=O)Cc1ccccc1. The Morgan fingerprint density at radius 1 is 0.464 bits per heavy atom. The fraction of sp³-hybridized carbons (Fsp3) is 0.571. The minimum absolute atomic E-state index is 0.00954. The summed E-state index contributed by atoms with van der Waals surface area (Å²) in [5.41, 5.74) is 23.4. The molecule has 0 aliphatic rings. The van der Waals surface area contributed by atoms with Crippen LogP contribution in [0.3, 0.4) is 0 Å². The normalized spacial score (nSPS) is 11.8. The van der Waals surface area contributed by atoms with Crippen molar-refractivity contribution in [1.29, 1.82) is 0 Å². The topological polar surface area (TPSA) is 245 Å². The number of nitrogens with one attached hydrogen (secondary N) is 4. The van der Waals surface area contributed by atoms with Crippen LogP contribution in [0, 0.1) is 0 Å². The first kappa shape index (κ1) is 47.0. The molecule has 0 bridgehead atoms. The van der Waals surface area contributed by atoms with Crippen LogP contribution in [0.25, 0.3) is 0 Å². The smallest absolute Gasteiger partial charge is 0.242 e. The lowest BCUT2D eigenvalue weighted by Crippen LogP contribution is -2.47. The van der Waals surface area contributed by atoms with Gasteiger partial charge in [-0.1, -0.05) is 125 Å². The van der Waals surface area contributed by atoms with Crippen LogP contribution >= 0.6 is 0 Å². The molecule has 14 heteroatoms. The van der Waals surface area contributed by atoms with Crippen molar-refractivity contribution in [3.63, 3.8) is 0 Å². The maximum absolute atomic E-state index is 12.9. The quantitative estimate of drug-likeness (QED) is 0.0319. The molecular formula is C42H68N10O4. The van der Waals surface area contributed by atoms with Crippen LogP contribution in [0.1, 0.15) is 114 Å². The van der Waals surface area contributed by atoms with Gasteiger partial charge in [0.25, 0.3) is 0 Å². The molecule has 56 heavy (non-hydrogen) atoms. The van der Waals surface area contributed by atoms with Crippen molar-refractivity contribution in [3.05, 3.63) is 71.8 Å². The summed E-state index contributed by atoms with van der Waals surface area (Å²) in [7, 11) is 0. The molecule has 0 saturated heterocycles. The average Bonchev–Trinajstić information content (AvgIpc) is 3.17. The Labute approximate surface area is 333 Å². The van der Waals surface area contributed by atoms with Crippen LogP contribution in [0.15, 0.2) is 70.6 Å². The second-order valence-corrected chi connectivity index (χ2v) is 14.3. The molecule has 2 rings (SSSR count). The van der Waals surface area contributed by atoms with E-state index in [0.29, 0.717) is 51.9 Å². The van der Waals surface area contributed by atoms with Gasteiger partial charge in [0.15, 0.2) is 11.9 Å². The first-order chi connectivity index (χ1) is 27.1. The molecule has 4 amide bonds. The number of hydrogen-bond acceptors (Lipinski definition) is 6. The zero-order valence-corrected chi connectivity index (χ0v) is 33.3. The van der Waals surface area contributed by atoms with Crippen molar-refractivity contribution >= 4 is 35.5 Å². The molecule has 0 unspecified atom stereocenters. The van der Waals surface area contributed by atoms with E-state index in [-0.39, 0.29) is 48.4 Å². The number of aliphatic imine (C=N–C) groups is 2. The lowest BCUT2D eigenvalue weighted by atomic mass is 10.0. The van der Waals surface area contributed by atoms with Gasteiger partial charge in [0.2, 0.25) is 23.6 Å². The van der Waals surface area contributed by atoms with E-state index in [9.17, 15) is 19.2 Å². The molecule has 0 aliphatic heterocycles. The first-order valence-electron chi connectivity index (χ1n) is 20.5. The third-order valence-corrected chi connectivity index (χ3v) is 9.31. The second-order valence-electron chi connectivity index (χ2n) is 14.3. The number of unbranched alkanes of at least 4 members (excludes halogenated alkanes) is 11. The van der Waals surface area contributed by atoms with Gasteiger partial charge in [-0.05, 0) is 49.7 Å². The molecule has 0 radical (unpaired) electrons. The molecular weight excluding hydrogens is 709 g/mol. The standard InChI is InChI=1S/C42H68N10O4/c43-41(44)49-29-19-25-35(51-37(53)31-33-21-13-11-14-22-33)39(55)47-27-17-9-7-5-3-1-2-4-6-8-10-18-28-48-40(56)36(26-20-30-50-42(45)46)52-38(54)32-34-23-15-12-16-24-34/h11-16,21-24,35-36H,1-10,17-20,25-32H2,(H,47,55)(H,48,56)(H,51,53)(H,52,54)(H4,43,44,49)(H4,45,46,50)/t35-,36-/m0/s1. The van der Waals surface area contributed by atoms with E-state index < -0.39 is 12.1 Å². The largest absolute Gasteiger partial charge is 0.370 e. The minimum Gasteiger partial charge on any atom is -0.370 e. The molecule has 0 heterocycles. The fourth-order valence-corrected chi connectivity index (χ4v) is 6.29. The highest BCUT2D eigenvalue weighted by molar-refractivity contribution is 5.89. The van der Waals surface area contributed by atoms with E-state index in [1.54, 1.807) is 0 Å². The predicted molar refractivity (Wildman–Crippen MR) is 225 cm³/mol. The highest BCUT2D eigenvalue weighted by Gasteiger charge is 2.21. The summed E-state index contributed by atoms with van der Waals surface area (Å²) >= 11 is 0. The Kier molecular flexibility index (Phi) is 25.3. The zero-order valence-electron chi connectivity index (χ0n) is 33.3. The van der Waals surface area contributed by atoms with Crippen LogP contribution in [-0.4, -0.2) is 73.8 Å². The fourth-order valence-electron chi connectivity index (χ4n) is 6.29. The average molecular weight is 777 g/mol. The first-order valence-corrected chi connectivity index (χ1v) is 20.5. The monoisotopic (exact) mass is 777 g/mol. The second kappa shape index (κ2) is 30.1. The van der Waals surface area contributed by atoms with E-state index in [1.807, 2.05) is 60.7 Å². The summed E-state index contributed by atoms with van der Waals surface area (Å²) in [6.07, 6.45) is 15.8. The number of benzene rings is 2. The molecule has 0 aromatic heterocycles. The van der Waals surface area contributed by atoms with E-state index in [2.05, 4.69) is 31.3 Å². The van der Waals surface area contributed by atoms with Gasteiger partial charge < -0.3 is 44.2 Å². The van der Waals surface area contributed by atoms with Crippen molar-refractivity contribution in [3.8, 4) is 0 Å². The number of amides is 4. The van der Waals surface area contributed by atoms with Gasteiger partial charge in [0, 0.05) is 26.2 Å². The highest BCUT2D eigenvalue weighted by Crippen LogP contribution is 2.12. The van der Waals surface area contributed by atoms with Crippen LogP contribution in [-0.2, 0) is 32.0 Å². The summed E-state index contributed by atoms with van der Waals surface area (Å²) in [6.45, 7) is 1.95. The summed E-state index contributed by atoms with van der Waals surface area (Å²) in [6, 6.07) is 17.6. The van der Waals surface area contributed by atoms with Gasteiger partial charge in [-0.2, -0.15) is 0 Å². The van der Waals surface area contributed by atoms with E-state index in [0.717, 1.165) is 49.7 Å². The van der Waals surface area contributed by atoms with Gasteiger partial charge in [-0.25, -0.2) is 0 Å². The highest BCUT2D eigenvalue weighted by atomic mass is 16.2. The van der Waals surface area contributed by atoms with E-state index in [1.165, 1.54) is 38.5 Å². The Balaban J connectivity index is 1.52. The minimum atomic E-state index is -0.635. The van der Waals surface area contributed by atoms with E-state index >= 15 is 0 Å². The summed E-state index contributed by atoms with van der Waals surface area (Å²) in [4.78, 5) is 59.1. The van der Waals surface area contributed by atoms with Crippen LogP contribution < -0.4 is 44.2 Å². The third-order valence-electron chi connectivity index (χ3n) is 9.31. The molecule has 0 spiro atoms. The number of rotatable bonds is 31. The predicted octanol–water partition coefficient (Wildman–Crippen LogP) is 3.46. The third kappa shape index (κ3) is 24.3. The van der Waals surface area contributed by atoms with E-state index in [4.69, 9.17) is 22.9 Å². The Morgan fingerprint density at radius 2 is 0.786 bits per heavy atom. The number of nitrogens with two attached hydrogens (primary N) is 4. The van der Waals surface area contributed by atoms with Crippen LogP contribution in [0.5, 0.6) is 0 Å². The summed E-state index contributed by atoms with van der Waals surface area (Å²) < 4.78 is 0. The molecule has 2 atom stereocenters. The van der Waals surface area contributed by atoms with Crippen molar-refractivity contribution < 1.29 is 19.2 Å². The molecule has 2 aromatic rings. The Bertz CT molecular complexity index is 1340. The maximum Gasteiger partial charge on any atom is 0.242 e. The summed E-state index contributed by atoms with van der Waals surface area (Å²) in [5.74, 6) is -0.725. The Hall–Kier alpha value is -5.14. The van der Waals surface area contributed by atoms with Gasteiger partial charge in [-0.3, -0.25) is 29.2 Å². The number of carbonyl (C=O) groups is 4. The number of hydrogen-bond donors (Lipinski definition) is 8. The molecule has 12 N–H and O–H groups in total. The molecule has 0 aliphatic carbocycles. The van der Waals surface area contributed by atoms with Crippen LogP contribution in [0.4, 0.5) is 0 Å². The van der Waals surface area contributed by atoms with Gasteiger partial charge in [-0.15, -0.1) is 0 Å². The van der Waals surface area contributed by atoms with Crippen molar-refractivity contribution in [2.24, 2.45) is 32.9 Å². The lowest BCUT2D eigenvalue weighted by molar-refractivity contribution is -0.128. The lowest BCUT2D eigenvalue weighted by Gasteiger charge is -2.18. The zero-order chi connectivity index (χ0) is 40.6. The number of guanidine groups is 2. The molecule has 0 saturated carbocycles. The maximum atomic E-state index is 12.9. The van der Waals surface area contributed by atoms with Crippen molar-refractivity contribution in [1.82, 2.24) is 21.3 Å². The van der Waals surface area contributed by atoms with Crippen molar-refractivity contribution in [2.75, 3.05) is 26.2 Å². The molecule has 2 aromatic carbocycles. The van der Waals surface area contributed by atoms with Gasteiger partial charge in [0.05, 0.1) is 12.8 Å². The van der Waals surface area contributed by atoms with Gasteiger partial charge in [0.1, 0.15) is 12.1 Å². The molecule has 14 nitrogen and oxygen atoms in total. The number of carbonyl (C=O) groups excluding carboxylic acids is 4. The van der Waals surface area contributed by atoms with Crippen LogP contribution in [0.2, 0.25) is 0 Å². The van der Waals surface area contributed by atoms with Crippen molar-refractivity contribution in [2.45, 2.75) is 128 Å². The number of nitrogens with zero attached hydrogens (tertiary/aromatic N) is 2. The summed E-state index contributed by atoms with van der Waals surface area (Å²) in [5, 5.41) is 11.8. The Morgan fingerprint density at radius 3 is 1.11 bits per heavy atom. The van der Waals surface area contributed by atoms with Gasteiger partial charge >= 0.3 is 0 Å². The molecule has 0 fully saturated rings.